The lowest BCUT2D eigenvalue weighted by molar-refractivity contribution is -0.838. The summed E-state index contributed by atoms with van der Waals surface area (Å²) in [5.74, 6) is 0. The molecule has 0 spiro atoms. The SMILES string of the molecule is Cc1cc(C)c(C2N(C)c3ccccc3[NH+]2C)c(C)c1. The van der Waals surface area contributed by atoms with E-state index in [0.29, 0.717) is 6.17 Å². The van der Waals surface area contributed by atoms with Crippen molar-refractivity contribution in [2.24, 2.45) is 0 Å². The van der Waals surface area contributed by atoms with E-state index >= 15 is 0 Å². The molecule has 2 heteroatoms. The predicted octanol–water partition coefficient (Wildman–Crippen LogP) is 2.91. The first-order valence-electron chi connectivity index (χ1n) is 7.24. The van der Waals surface area contributed by atoms with Crippen LogP contribution in [0, 0.1) is 20.8 Å². The molecule has 1 heterocycles. The van der Waals surface area contributed by atoms with Gasteiger partial charge in [0, 0.05) is 18.7 Å². The summed E-state index contributed by atoms with van der Waals surface area (Å²) in [6.45, 7) is 6.65. The third-order valence-corrected chi connectivity index (χ3v) is 4.52. The molecule has 2 unspecified atom stereocenters. The molecule has 0 saturated carbocycles. The van der Waals surface area contributed by atoms with Gasteiger partial charge < -0.3 is 4.90 Å². The van der Waals surface area contributed by atoms with Gasteiger partial charge in [0.05, 0.1) is 7.05 Å². The van der Waals surface area contributed by atoms with Gasteiger partial charge in [0.2, 0.25) is 0 Å². The topological polar surface area (TPSA) is 7.68 Å². The van der Waals surface area contributed by atoms with Crippen LogP contribution >= 0.6 is 0 Å². The predicted molar refractivity (Wildman–Crippen MR) is 84.8 cm³/mol. The van der Waals surface area contributed by atoms with E-state index in [1.54, 1.807) is 0 Å². The van der Waals surface area contributed by atoms with Crippen molar-refractivity contribution in [1.29, 1.82) is 0 Å². The number of para-hydroxylation sites is 2. The Kier molecular flexibility index (Phi) is 3.06. The number of fused-ring (bicyclic) bond motifs is 1. The van der Waals surface area contributed by atoms with Crippen LogP contribution in [0.2, 0.25) is 0 Å². The second kappa shape index (κ2) is 4.64. The summed E-state index contributed by atoms with van der Waals surface area (Å²) >= 11 is 0. The average Bonchev–Trinajstić information content (AvgIpc) is 2.64. The zero-order valence-electron chi connectivity index (χ0n) is 13.0. The van der Waals surface area contributed by atoms with E-state index in [0.717, 1.165) is 0 Å². The zero-order valence-corrected chi connectivity index (χ0v) is 13.0. The van der Waals surface area contributed by atoms with Gasteiger partial charge in [-0.25, -0.2) is 0 Å². The third kappa shape index (κ3) is 1.83. The second-order valence-electron chi connectivity index (χ2n) is 6.03. The fraction of sp³-hybridized carbons (Fsp3) is 0.333. The molecule has 0 aromatic heterocycles. The Morgan fingerprint density at radius 1 is 1.00 bits per heavy atom. The molecule has 2 atom stereocenters. The molecule has 0 amide bonds. The van der Waals surface area contributed by atoms with E-state index in [1.165, 1.54) is 38.5 Å². The number of nitrogens with one attached hydrogen (secondary N) is 1. The van der Waals surface area contributed by atoms with Gasteiger partial charge >= 0.3 is 0 Å². The third-order valence-electron chi connectivity index (χ3n) is 4.52. The molecule has 0 fully saturated rings. The van der Waals surface area contributed by atoms with Crippen LogP contribution in [0.1, 0.15) is 28.4 Å². The molecule has 0 aliphatic carbocycles. The van der Waals surface area contributed by atoms with Crippen LogP contribution in [-0.2, 0) is 0 Å². The zero-order chi connectivity index (χ0) is 14.4. The van der Waals surface area contributed by atoms with Crippen molar-refractivity contribution in [3.8, 4) is 0 Å². The smallest absolute Gasteiger partial charge is 0.194 e. The summed E-state index contributed by atoms with van der Waals surface area (Å²) in [7, 11) is 4.48. The largest absolute Gasteiger partial charge is 0.316 e. The summed E-state index contributed by atoms with van der Waals surface area (Å²) < 4.78 is 0. The number of quaternary nitrogens is 1. The maximum absolute atomic E-state index is 2.41. The molecule has 1 N–H and O–H groups in total. The summed E-state index contributed by atoms with van der Waals surface area (Å²) in [6, 6.07) is 13.3. The molecule has 3 rings (SSSR count). The summed E-state index contributed by atoms with van der Waals surface area (Å²) in [6.07, 6.45) is 0.369. The first kappa shape index (κ1) is 13.2. The van der Waals surface area contributed by atoms with Crippen molar-refractivity contribution < 1.29 is 4.90 Å². The van der Waals surface area contributed by atoms with E-state index in [2.05, 4.69) is 76.2 Å². The van der Waals surface area contributed by atoms with Crippen molar-refractivity contribution in [1.82, 2.24) is 0 Å². The van der Waals surface area contributed by atoms with Crippen LogP contribution in [0.15, 0.2) is 36.4 Å². The van der Waals surface area contributed by atoms with Crippen molar-refractivity contribution in [2.45, 2.75) is 26.9 Å². The Morgan fingerprint density at radius 2 is 1.60 bits per heavy atom. The molecule has 104 valence electrons. The van der Waals surface area contributed by atoms with Crippen LogP contribution in [0.3, 0.4) is 0 Å². The Labute approximate surface area is 121 Å². The highest BCUT2D eigenvalue weighted by molar-refractivity contribution is 5.66. The quantitative estimate of drug-likeness (QED) is 0.835. The van der Waals surface area contributed by atoms with Gasteiger partial charge in [-0.1, -0.05) is 29.8 Å². The van der Waals surface area contributed by atoms with Crippen molar-refractivity contribution in [3.63, 3.8) is 0 Å². The molecule has 2 aromatic rings. The normalized spacial score (nSPS) is 21.1. The van der Waals surface area contributed by atoms with Crippen LogP contribution in [0.25, 0.3) is 0 Å². The number of benzene rings is 2. The Hall–Kier alpha value is -1.80. The molecule has 0 radical (unpaired) electrons. The maximum atomic E-state index is 2.41. The molecule has 20 heavy (non-hydrogen) atoms. The first-order valence-corrected chi connectivity index (χ1v) is 7.24. The van der Waals surface area contributed by atoms with Crippen molar-refractivity contribution >= 4 is 11.4 Å². The molecular weight excluding hydrogens is 244 g/mol. The highest BCUT2D eigenvalue weighted by Gasteiger charge is 2.38. The number of anilines is 1. The van der Waals surface area contributed by atoms with E-state index < -0.39 is 0 Å². The van der Waals surface area contributed by atoms with E-state index in [-0.39, 0.29) is 0 Å². The Balaban J connectivity index is 2.14. The highest BCUT2D eigenvalue weighted by atomic mass is 15.4. The number of nitrogens with zero attached hydrogens (tertiary/aromatic N) is 1. The van der Waals surface area contributed by atoms with Crippen molar-refractivity contribution in [3.05, 3.63) is 58.7 Å². The Bertz CT molecular complexity index is 608. The van der Waals surface area contributed by atoms with E-state index in [9.17, 15) is 0 Å². The van der Waals surface area contributed by atoms with Gasteiger partial charge in [0.15, 0.2) is 11.9 Å². The summed E-state index contributed by atoms with van der Waals surface area (Å²) in [4.78, 5) is 3.87. The van der Waals surface area contributed by atoms with Gasteiger partial charge in [-0.15, -0.1) is 0 Å². The minimum absolute atomic E-state index is 0.369. The minimum Gasteiger partial charge on any atom is -0.316 e. The molecule has 0 saturated heterocycles. The fourth-order valence-electron chi connectivity index (χ4n) is 3.72. The molecule has 2 aromatic carbocycles. The van der Waals surface area contributed by atoms with E-state index in [4.69, 9.17) is 0 Å². The molecule has 2 nitrogen and oxygen atoms in total. The van der Waals surface area contributed by atoms with Crippen molar-refractivity contribution in [2.75, 3.05) is 19.0 Å². The van der Waals surface area contributed by atoms with Gasteiger partial charge in [-0.2, -0.15) is 0 Å². The number of rotatable bonds is 1. The minimum atomic E-state index is 0.369. The molecule has 1 aliphatic heterocycles. The van der Waals surface area contributed by atoms with Gasteiger partial charge in [0.1, 0.15) is 5.69 Å². The van der Waals surface area contributed by atoms with Gasteiger partial charge in [-0.05, 0) is 38.0 Å². The lowest BCUT2D eigenvalue weighted by atomic mass is 9.97. The standard InChI is InChI=1S/C18H22N2/c1-12-10-13(2)17(14(3)11-12)18-19(4)15-8-6-7-9-16(15)20(18)5/h6-11,18H,1-5H3/p+1. The summed E-state index contributed by atoms with van der Waals surface area (Å²) in [5, 5.41) is 0. The average molecular weight is 267 g/mol. The highest BCUT2D eigenvalue weighted by Crippen LogP contribution is 2.35. The number of aryl methyl sites for hydroxylation is 3. The lowest BCUT2D eigenvalue weighted by Gasteiger charge is -2.26. The Morgan fingerprint density at radius 3 is 2.20 bits per heavy atom. The molecule has 1 aliphatic rings. The van der Waals surface area contributed by atoms with Gasteiger partial charge in [0.25, 0.3) is 0 Å². The molecule has 0 bridgehead atoms. The monoisotopic (exact) mass is 267 g/mol. The summed E-state index contributed by atoms with van der Waals surface area (Å²) in [5.41, 5.74) is 8.33. The van der Waals surface area contributed by atoms with Crippen LogP contribution < -0.4 is 9.80 Å². The second-order valence-corrected chi connectivity index (χ2v) is 6.03. The molecular formula is C18H23N2+. The number of hydrogen-bond donors (Lipinski definition) is 1. The van der Waals surface area contributed by atoms with Crippen LogP contribution in [0.4, 0.5) is 11.4 Å². The van der Waals surface area contributed by atoms with E-state index in [1.807, 2.05) is 0 Å². The first-order chi connectivity index (χ1) is 9.50. The lowest BCUT2D eigenvalue weighted by Crippen LogP contribution is -3.04. The van der Waals surface area contributed by atoms with Crippen LogP contribution in [0.5, 0.6) is 0 Å². The number of hydrogen-bond acceptors (Lipinski definition) is 1. The van der Waals surface area contributed by atoms with Gasteiger partial charge in [-0.3, -0.25) is 4.90 Å². The van der Waals surface area contributed by atoms with Crippen LogP contribution in [-0.4, -0.2) is 14.1 Å². The maximum Gasteiger partial charge on any atom is 0.194 e. The fourth-order valence-corrected chi connectivity index (χ4v) is 3.72.